The number of benzene rings is 2. The second-order valence-electron chi connectivity index (χ2n) is 6.63. The molecule has 0 saturated heterocycles. The minimum Gasteiger partial charge on any atom is -0.465 e. The molecule has 0 aliphatic rings. The van der Waals surface area contributed by atoms with Gasteiger partial charge in [-0.15, -0.1) is 0 Å². The van der Waals surface area contributed by atoms with E-state index in [-0.39, 0.29) is 0 Å². The smallest absolute Gasteiger partial charge is 0.408 e. The predicted molar refractivity (Wildman–Crippen MR) is 98.9 cm³/mol. The number of nitrogens with zero attached hydrogens (tertiary/aromatic N) is 1. The monoisotopic (exact) mass is 360 g/mol. The van der Waals surface area contributed by atoms with Crippen molar-refractivity contribution in [1.29, 1.82) is 0 Å². The zero-order valence-electron chi connectivity index (χ0n) is 14.4. The summed E-state index contributed by atoms with van der Waals surface area (Å²) in [6.07, 6.45) is -1.16. The Hall–Kier alpha value is -2.53. The Morgan fingerprint density at radius 1 is 1.04 bits per heavy atom. The Labute approximate surface area is 152 Å². The summed E-state index contributed by atoms with van der Waals surface area (Å²) in [5.74, 6) is -0.425. The van der Waals surface area contributed by atoms with Crippen LogP contribution in [0, 0.1) is 0 Å². The van der Waals surface area contributed by atoms with Crippen molar-refractivity contribution in [3.63, 3.8) is 0 Å². The summed E-state index contributed by atoms with van der Waals surface area (Å²) < 4.78 is 0. The van der Waals surface area contributed by atoms with Crippen molar-refractivity contribution >= 4 is 29.3 Å². The molecule has 2 rings (SSSR count). The molecule has 6 heteroatoms. The van der Waals surface area contributed by atoms with Crippen LogP contribution in [0.4, 0.5) is 10.5 Å². The van der Waals surface area contributed by atoms with E-state index in [1.54, 1.807) is 69.3 Å². The average Bonchev–Trinajstić information content (AvgIpc) is 2.53. The van der Waals surface area contributed by atoms with Crippen molar-refractivity contribution in [3.05, 3.63) is 65.2 Å². The van der Waals surface area contributed by atoms with Crippen LogP contribution in [0.5, 0.6) is 0 Å². The fraction of sp³-hybridized carbons (Fsp3) is 0.263. The summed E-state index contributed by atoms with van der Waals surface area (Å²) in [6, 6.07) is 14.5. The number of carbonyl (C=O) groups is 2. The maximum Gasteiger partial charge on any atom is 0.408 e. The van der Waals surface area contributed by atoms with Crippen LogP contribution in [-0.2, 0) is 4.79 Å². The van der Waals surface area contributed by atoms with Crippen LogP contribution in [0.1, 0.15) is 32.4 Å². The lowest BCUT2D eigenvalue weighted by atomic mass is 9.97. The first-order chi connectivity index (χ1) is 11.7. The summed E-state index contributed by atoms with van der Waals surface area (Å²) >= 11 is 5.86. The SMILES string of the molecule is CC(C)(C)N(C(=O)O)C(C(=O)Nc1ccc(Cl)cc1)c1ccccc1. The molecule has 0 heterocycles. The number of carbonyl (C=O) groups excluding carboxylic acids is 1. The molecular formula is C19H21ClN2O3. The molecular weight excluding hydrogens is 340 g/mol. The van der Waals surface area contributed by atoms with Crippen molar-refractivity contribution in [2.45, 2.75) is 32.4 Å². The second-order valence-corrected chi connectivity index (χ2v) is 7.07. The van der Waals surface area contributed by atoms with E-state index in [0.29, 0.717) is 16.3 Å². The zero-order chi connectivity index (χ0) is 18.6. The van der Waals surface area contributed by atoms with Gasteiger partial charge in [-0.3, -0.25) is 9.69 Å². The van der Waals surface area contributed by atoms with Crippen molar-refractivity contribution in [2.75, 3.05) is 5.32 Å². The van der Waals surface area contributed by atoms with Crippen LogP contribution in [0.15, 0.2) is 54.6 Å². The molecule has 0 saturated carbocycles. The Balaban J connectivity index is 2.42. The lowest BCUT2D eigenvalue weighted by Gasteiger charge is -2.39. The fourth-order valence-electron chi connectivity index (χ4n) is 2.58. The van der Waals surface area contributed by atoms with Crippen LogP contribution < -0.4 is 5.32 Å². The van der Waals surface area contributed by atoms with E-state index in [0.717, 1.165) is 4.90 Å². The van der Waals surface area contributed by atoms with E-state index >= 15 is 0 Å². The molecule has 0 bridgehead atoms. The largest absolute Gasteiger partial charge is 0.465 e. The fourth-order valence-corrected chi connectivity index (χ4v) is 2.71. The minimum atomic E-state index is -1.16. The molecule has 2 aromatic rings. The van der Waals surface area contributed by atoms with Crippen molar-refractivity contribution in [2.24, 2.45) is 0 Å². The Morgan fingerprint density at radius 3 is 2.08 bits per heavy atom. The van der Waals surface area contributed by atoms with Crippen molar-refractivity contribution in [1.82, 2.24) is 4.90 Å². The number of rotatable bonds is 4. The Kier molecular flexibility index (Phi) is 5.69. The molecule has 0 radical (unpaired) electrons. The van der Waals surface area contributed by atoms with E-state index in [2.05, 4.69) is 5.32 Å². The van der Waals surface area contributed by atoms with Crippen LogP contribution in [0.3, 0.4) is 0 Å². The van der Waals surface area contributed by atoms with Gasteiger partial charge in [0, 0.05) is 16.2 Å². The summed E-state index contributed by atoms with van der Waals surface area (Å²) in [5, 5.41) is 13.0. The number of hydrogen-bond donors (Lipinski definition) is 2. The molecule has 5 nitrogen and oxygen atoms in total. The highest BCUT2D eigenvalue weighted by molar-refractivity contribution is 6.30. The summed E-state index contributed by atoms with van der Waals surface area (Å²) in [6.45, 7) is 5.27. The zero-order valence-corrected chi connectivity index (χ0v) is 15.1. The van der Waals surface area contributed by atoms with Gasteiger partial charge in [0.2, 0.25) is 0 Å². The van der Waals surface area contributed by atoms with E-state index in [1.165, 1.54) is 0 Å². The number of amides is 2. The Bertz CT molecular complexity index is 740. The first kappa shape index (κ1) is 18.8. The maximum absolute atomic E-state index is 12.9. The maximum atomic E-state index is 12.9. The van der Waals surface area contributed by atoms with E-state index < -0.39 is 23.6 Å². The van der Waals surface area contributed by atoms with Gasteiger partial charge in [-0.25, -0.2) is 4.79 Å². The molecule has 1 atom stereocenters. The topological polar surface area (TPSA) is 69.6 Å². The van der Waals surface area contributed by atoms with E-state index in [9.17, 15) is 14.7 Å². The average molecular weight is 361 g/mol. The molecule has 0 aromatic heterocycles. The van der Waals surface area contributed by atoms with Gasteiger partial charge in [0.1, 0.15) is 6.04 Å². The highest BCUT2D eigenvalue weighted by Crippen LogP contribution is 2.30. The molecule has 2 amide bonds. The molecule has 1 unspecified atom stereocenters. The van der Waals surface area contributed by atoms with Crippen molar-refractivity contribution < 1.29 is 14.7 Å². The van der Waals surface area contributed by atoms with Gasteiger partial charge in [-0.1, -0.05) is 41.9 Å². The van der Waals surface area contributed by atoms with Crippen LogP contribution in [0.2, 0.25) is 5.02 Å². The van der Waals surface area contributed by atoms with E-state index in [1.807, 2.05) is 6.07 Å². The number of anilines is 1. The second kappa shape index (κ2) is 7.57. The molecule has 132 valence electrons. The number of halogens is 1. The molecule has 0 aliphatic heterocycles. The van der Waals surface area contributed by atoms with Gasteiger partial charge in [-0.05, 0) is 50.6 Å². The molecule has 0 aliphatic carbocycles. The summed E-state index contributed by atoms with van der Waals surface area (Å²) in [7, 11) is 0. The third-order valence-corrected chi connectivity index (χ3v) is 3.91. The van der Waals surface area contributed by atoms with Crippen molar-refractivity contribution in [3.8, 4) is 0 Å². The van der Waals surface area contributed by atoms with Gasteiger partial charge < -0.3 is 10.4 Å². The third-order valence-electron chi connectivity index (χ3n) is 3.66. The number of carboxylic acid groups (broad SMARTS) is 1. The van der Waals surface area contributed by atoms with Gasteiger partial charge in [0.05, 0.1) is 0 Å². The van der Waals surface area contributed by atoms with E-state index in [4.69, 9.17) is 11.6 Å². The normalized spacial score (nSPS) is 12.3. The van der Waals surface area contributed by atoms with Gasteiger partial charge in [0.15, 0.2) is 0 Å². The first-order valence-corrected chi connectivity index (χ1v) is 8.21. The number of hydrogen-bond acceptors (Lipinski definition) is 2. The quantitative estimate of drug-likeness (QED) is 0.822. The molecule has 2 N–H and O–H groups in total. The lowest BCUT2D eigenvalue weighted by Crippen LogP contribution is -2.50. The van der Waals surface area contributed by atoms with Gasteiger partial charge in [0.25, 0.3) is 5.91 Å². The van der Waals surface area contributed by atoms with Crippen LogP contribution in [0.25, 0.3) is 0 Å². The highest BCUT2D eigenvalue weighted by atomic mass is 35.5. The third kappa shape index (κ3) is 4.73. The standard InChI is InChI=1S/C19H21ClN2O3/c1-19(2,3)22(18(24)25)16(13-7-5-4-6-8-13)17(23)21-15-11-9-14(20)10-12-15/h4-12,16H,1-3H3,(H,21,23)(H,24,25). The van der Waals surface area contributed by atoms with Gasteiger partial charge in [-0.2, -0.15) is 0 Å². The minimum absolute atomic E-state index is 0.425. The molecule has 0 spiro atoms. The Morgan fingerprint density at radius 2 is 1.60 bits per heavy atom. The molecule has 2 aromatic carbocycles. The lowest BCUT2D eigenvalue weighted by molar-refractivity contribution is -0.122. The van der Waals surface area contributed by atoms with Crippen LogP contribution >= 0.6 is 11.6 Å². The first-order valence-electron chi connectivity index (χ1n) is 7.84. The number of nitrogens with one attached hydrogen (secondary N) is 1. The molecule has 0 fully saturated rings. The predicted octanol–water partition coefficient (Wildman–Crippen LogP) is 4.80. The van der Waals surface area contributed by atoms with Crippen LogP contribution in [-0.4, -0.2) is 27.5 Å². The highest BCUT2D eigenvalue weighted by Gasteiger charge is 2.38. The summed E-state index contributed by atoms with van der Waals surface area (Å²) in [4.78, 5) is 26.0. The van der Waals surface area contributed by atoms with Gasteiger partial charge >= 0.3 is 6.09 Å². The molecule has 25 heavy (non-hydrogen) atoms. The summed E-state index contributed by atoms with van der Waals surface area (Å²) in [5.41, 5.74) is 0.393.